The number of anilines is 1. The molecule has 2 N–H and O–H groups in total. The number of hydrogen-bond acceptors (Lipinski definition) is 4. The fourth-order valence-corrected chi connectivity index (χ4v) is 3.24. The molecule has 2 heterocycles. The summed E-state index contributed by atoms with van der Waals surface area (Å²) in [7, 11) is 0. The monoisotopic (exact) mass is 401 g/mol. The zero-order valence-corrected chi connectivity index (χ0v) is 15.3. The maximum Gasteiger partial charge on any atom is 0.292 e. The summed E-state index contributed by atoms with van der Waals surface area (Å²) in [4.78, 5) is 12.6. The molecule has 0 unspecified atom stereocenters. The smallest absolute Gasteiger partial charge is 0.292 e. The third-order valence-corrected chi connectivity index (χ3v) is 4.75. The largest absolute Gasteiger partial charge is 0.459 e. The van der Waals surface area contributed by atoms with Gasteiger partial charge in [-0.1, -0.05) is 35.3 Å². The zero-order chi connectivity index (χ0) is 19.0. The van der Waals surface area contributed by atoms with E-state index < -0.39 is 5.91 Å². The lowest BCUT2D eigenvalue weighted by Gasteiger charge is -2.07. The molecule has 4 aromatic rings. The topological polar surface area (TPSA) is 75.6 Å². The molecule has 0 radical (unpaired) electrons. The Labute approximate surface area is 164 Å². The van der Waals surface area contributed by atoms with Gasteiger partial charge in [0.05, 0.1) is 10.0 Å². The number of benzene rings is 2. The van der Waals surface area contributed by atoms with Gasteiger partial charge in [-0.3, -0.25) is 4.79 Å². The van der Waals surface area contributed by atoms with E-state index in [-0.39, 0.29) is 17.4 Å². The van der Waals surface area contributed by atoms with Crippen LogP contribution in [-0.2, 0) is 6.61 Å². The molecule has 5 nitrogen and oxygen atoms in total. The van der Waals surface area contributed by atoms with Crippen molar-refractivity contribution >= 4 is 45.8 Å². The van der Waals surface area contributed by atoms with Crippen molar-refractivity contribution in [2.24, 2.45) is 0 Å². The van der Waals surface area contributed by atoms with Crippen LogP contribution in [0.2, 0.25) is 10.0 Å². The fraction of sp³-hybridized carbons (Fsp3) is 0.0500. The van der Waals surface area contributed by atoms with Gasteiger partial charge in [-0.25, -0.2) is 0 Å². The first-order valence-corrected chi connectivity index (χ1v) is 8.80. The van der Waals surface area contributed by atoms with Crippen molar-refractivity contribution in [1.29, 1.82) is 0 Å². The zero-order valence-electron chi connectivity index (χ0n) is 13.8. The number of aliphatic hydroxyl groups is 1. The summed E-state index contributed by atoms with van der Waals surface area (Å²) >= 11 is 12.5. The van der Waals surface area contributed by atoms with Gasteiger partial charge in [0, 0.05) is 16.6 Å². The molecule has 0 atom stereocenters. The number of para-hydroxylation sites is 1. The quantitative estimate of drug-likeness (QED) is 0.456. The SMILES string of the molecule is O=C(Nc1ccc(Cl)c(-c2ccc(CO)o2)c1)c1oc2ccccc2c1Cl. The second-order valence-electron chi connectivity index (χ2n) is 5.81. The minimum Gasteiger partial charge on any atom is -0.459 e. The molecule has 4 rings (SSSR count). The maximum absolute atomic E-state index is 12.6. The maximum atomic E-state index is 12.6. The molecule has 2 aromatic heterocycles. The van der Waals surface area contributed by atoms with Crippen LogP contribution in [0.15, 0.2) is 63.4 Å². The standard InChI is InChI=1S/C20H13Cl2NO4/c21-15-7-5-11(9-14(15)17-8-6-12(10-24)26-17)23-20(25)19-18(22)13-3-1-2-4-16(13)27-19/h1-9,24H,10H2,(H,23,25). The molecular formula is C20H13Cl2NO4. The van der Waals surface area contributed by atoms with E-state index in [1.54, 1.807) is 48.5 Å². The number of furan rings is 2. The van der Waals surface area contributed by atoms with Crippen LogP contribution >= 0.6 is 23.2 Å². The van der Waals surface area contributed by atoms with Gasteiger partial charge in [-0.15, -0.1) is 0 Å². The van der Waals surface area contributed by atoms with Crippen LogP contribution in [0.25, 0.3) is 22.3 Å². The molecule has 0 spiro atoms. The number of nitrogens with one attached hydrogen (secondary N) is 1. The predicted octanol–water partition coefficient (Wildman–Crippen LogP) is 5.74. The summed E-state index contributed by atoms with van der Waals surface area (Å²) < 4.78 is 11.1. The summed E-state index contributed by atoms with van der Waals surface area (Å²) in [6, 6.07) is 15.5. The van der Waals surface area contributed by atoms with Crippen molar-refractivity contribution in [3.63, 3.8) is 0 Å². The Hall–Kier alpha value is -2.73. The van der Waals surface area contributed by atoms with E-state index in [0.29, 0.717) is 38.8 Å². The first-order chi connectivity index (χ1) is 13.1. The summed E-state index contributed by atoms with van der Waals surface area (Å²) in [5.74, 6) is 0.473. The molecule has 0 aliphatic heterocycles. The minimum atomic E-state index is -0.472. The molecular weight excluding hydrogens is 389 g/mol. The lowest BCUT2D eigenvalue weighted by atomic mass is 10.1. The van der Waals surface area contributed by atoms with E-state index in [2.05, 4.69) is 5.32 Å². The molecule has 0 bridgehead atoms. The highest BCUT2D eigenvalue weighted by Crippen LogP contribution is 2.33. The van der Waals surface area contributed by atoms with Gasteiger partial charge in [0.2, 0.25) is 5.76 Å². The van der Waals surface area contributed by atoms with Crippen LogP contribution in [0.1, 0.15) is 16.3 Å². The molecule has 1 amide bonds. The molecule has 2 aromatic carbocycles. The van der Waals surface area contributed by atoms with Crippen LogP contribution in [0.5, 0.6) is 0 Å². The number of fused-ring (bicyclic) bond motifs is 1. The third kappa shape index (κ3) is 3.32. The Balaban J connectivity index is 1.65. The van der Waals surface area contributed by atoms with Gasteiger partial charge in [-0.2, -0.15) is 0 Å². The lowest BCUT2D eigenvalue weighted by Crippen LogP contribution is -2.11. The highest BCUT2D eigenvalue weighted by molar-refractivity contribution is 6.38. The molecule has 27 heavy (non-hydrogen) atoms. The van der Waals surface area contributed by atoms with Crippen LogP contribution in [-0.4, -0.2) is 11.0 Å². The summed E-state index contributed by atoms with van der Waals surface area (Å²) in [5, 5.41) is 13.3. The Morgan fingerprint density at radius 3 is 2.59 bits per heavy atom. The van der Waals surface area contributed by atoms with E-state index in [1.807, 2.05) is 6.07 Å². The summed E-state index contributed by atoms with van der Waals surface area (Å²) in [6.07, 6.45) is 0. The highest BCUT2D eigenvalue weighted by atomic mass is 35.5. The number of hydrogen-bond donors (Lipinski definition) is 2. The van der Waals surface area contributed by atoms with E-state index in [9.17, 15) is 4.79 Å². The van der Waals surface area contributed by atoms with Crippen LogP contribution in [0.4, 0.5) is 5.69 Å². The van der Waals surface area contributed by atoms with E-state index in [4.69, 9.17) is 37.1 Å². The molecule has 0 saturated carbocycles. The van der Waals surface area contributed by atoms with Crippen LogP contribution in [0, 0.1) is 0 Å². The molecule has 0 saturated heterocycles. The van der Waals surface area contributed by atoms with E-state index in [1.165, 1.54) is 0 Å². The summed E-state index contributed by atoms with van der Waals surface area (Å²) in [5.41, 5.74) is 1.62. The second-order valence-corrected chi connectivity index (χ2v) is 6.60. The Morgan fingerprint density at radius 2 is 1.85 bits per heavy atom. The first kappa shape index (κ1) is 17.7. The van der Waals surface area contributed by atoms with Crippen molar-refractivity contribution < 1.29 is 18.7 Å². The molecule has 7 heteroatoms. The number of amides is 1. The second kappa shape index (κ2) is 7.12. The normalized spacial score (nSPS) is 11.1. The number of rotatable bonds is 4. The molecule has 0 aliphatic rings. The highest BCUT2D eigenvalue weighted by Gasteiger charge is 2.20. The fourth-order valence-electron chi connectivity index (χ4n) is 2.75. The Kier molecular flexibility index (Phi) is 4.66. The van der Waals surface area contributed by atoms with E-state index in [0.717, 1.165) is 0 Å². The Morgan fingerprint density at radius 1 is 1.04 bits per heavy atom. The average molecular weight is 402 g/mol. The number of carbonyl (C=O) groups excluding carboxylic acids is 1. The number of halogens is 2. The van der Waals surface area contributed by atoms with Crippen LogP contribution < -0.4 is 5.32 Å². The van der Waals surface area contributed by atoms with E-state index >= 15 is 0 Å². The predicted molar refractivity (Wildman–Crippen MR) is 104 cm³/mol. The van der Waals surface area contributed by atoms with Gasteiger partial charge in [-0.05, 0) is 42.5 Å². The van der Waals surface area contributed by atoms with Crippen LogP contribution in [0.3, 0.4) is 0 Å². The average Bonchev–Trinajstić information content (AvgIpc) is 3.28. The molecule has 136 valence electrons. The van der Waals surface area contributed by atoms with Gasteiger partial charge in [0.15, 0.2) is 0 Å². The van der Waals surface area contributed by atoms with Gasteiger partial charge < -0.3 is 19.3 Å². The van der Waals surface area contributed by atoms with Gasteiger partial charge >= 0.3 is 0 Å². The number of aliphatic hydroxyl groups excluding tert-OH is 1. The van der Waals surface area contributed by atoms with Crippen molar-refractivity contribution in [2.75, 3.05) is 5.32 Å². The number of carbonyl (C=O) groups is 1. The third-order valence-electron chi connectivity index (χ3n) is 4.05. The van der Waals surface area contributed by atoms with Gasteiger partial charge in [0.1, 0.15) is 23.7 Å². The summed E-state index contributed by atoms with van der Waals surface area (Å²) in [6.45, 7) is -0.210. The molecule has 0 fully saturated rings. The Bertz CT molecular complexity index is 1150. The van der Waals surface area contributed by atoms with Crippen molar-refractivity contribution in [1.82, 2.24) is 0 Å². The minimum absolute atomic E-state index is 0.0370. The van der Waals surface area contributed by atoms with Crippen molar-refractivity contribution in [3.05, 3.63) is 76.2 Å². The van der Waals surface area contributed by atoms with Crippen molar-refractivity contribution in [2.45, 2.75) is 6.61 Å². The first-order valence-electron chi connectivity index (χ1n) is 8.04. The van der Waals surface area contributed by atoms with Crippen molar-refractivity contribution in [3.8, 4) is 11.3 Å². The lowest BCUT2D eigenvalue weighted by molar-refractivity contribution is 0.0999. The van der Waals surface area contributed by atoms with Gasteiger partial charge in [0.25, 0.3) is 5.91 Å². The molecule has 0 aliphatic carbocycles.